The molecule has 1 amide bonds. The molecule has 0 atom stereocenters. The zero-order valence-corrected chi connectivity index (χ0v) is 16.3. The molecule has 0 radical (unpaired) electrons. The van der Waals surface area contributed by atoms with Crippen molar-refractivity contribution in [1.29, 1.82) is 0 Å². The smallest absolute Gasteiger partial charge is 0.274 e. The molecule has 0 saturated carbocycles. The summed E-state index contributed by atoms with van der Waals surface area (Å²) >= 11 is 0. The third-order valence-corrected chi connectivity index (χ3v) is 4.82. The first-order chi connectivity index (χ1) is 14.2. The maximum Gasteiger partial charge on any atom is 0.274 e. The van der Waals surface area contributed by atoms with Gasteiger partial charge in [-0.05, 0) is 36.6 Å². The van der Waals surface area contributed by atoms with E-state index in [0.29, 0.717) is 43.5 Å². The Balaban J connectivity index is 1.50. The van der Waals surface area contributed by atoms with Gasteiger partial charge in [0, 0.05) is 18.5 Å². The van der Waals surface area contributed by atoms with Gasteiger partial charge in [-0.15, -0.1) is 0 Å². The Morgan fingerprint density at radius 2 is 1.86 bits per heavy atom. The van der Waals surface area contributed by atoms with Gasteiger partial charge in [0.25, 0.3) is 11.5 Å². The minimum Gasteiger partial charge on any atom is -0.486 e. The molecule has 2 aromatic carbocycles. The van der Waals surface area contributed by atoms with Gasteiger partial charge < -0.3 is 14.8 Å². The Bertz CT molecular complexity index is 1110. The van der Waals surface area contributed by atoms with Gasteiger partial charge in [-0.25, -0.2) is 4.68 Å². The molecule has 0 bridgehead atoms. The minimum absolute atomic E-state index is 0.171. The zero-order chi connectivity index (χ0) is 20.2. The van der Waals surface area contributed by atoms with Crippen LogP contribution >= 0.6 is 0 Å². The number of aryl methyl sites for hydroxylation is 1. The summed E-state index contributed by atoms with van der Waals surface area (Å²) in [7, 11) is 0. The molecule has 1 aromatic heterocycles. The molecule has 0 saturated heterocycles. The molecule has 150 valence electrons. The van der Waals surface area contributed by atoms with E-state index in [1.54, 1.807) is 24.3 Å². The van der Waals surface area contributed by atoms with Gasteiger partial charge >= 0.3 is 0 Å². The summed E-state index contributed by atoms with van der Waals surface area (Å²) in [6, 6.07) is 12.9. The third kappa shape index (κ3) is 3.94. The number of ether oxygens (including phenoxy) is 2. The van der Waals surface area contributed by atoms with Crippen molar-refractivity contribution >= 4 is 16.7 Å². The highest BCUT2D eigenvalue weighted by Crippen LogP contribution is 2.30. The minimum atomic E-state index is -0.288. The van der Waals surface area contributed by atoms with Crippen LogP contribution < -0.4 is 20.3 Å². The number of hydrogen-bond acceptors (Lipinski definition) is 5. The van der Waals surface area contributed by atoms with Crippen molar-refractivity contribution in [1.82, 2.24) is 15.1 Å². The first kappa shape index (κ1) is 19.0. The van der Waals surface area contributed by atoms with Crippen molar-refractivity contribution in [2.24, 2.45) is 0 Å². The van der Waals surface area contributed by atoms with Crippen molar-refractivity contribution in [3.05, 3.63) is 64.1 Å². The van der Waals surface area contributed by atoms with Crippen LogP contribution in [0.3, 0.4) is 0 Å². The molecular weight excluding hydrogens is 370 g/mol. The first-order valence-electron chi connectivity index (χ1n) is 9.84. The van der Waals surface area contributed by atoms with Crippen molar-refractivity contribution in [3.8, 4) is 11.5 Å². The predicted octanol–water partition coefficient (Wildman–Crippen LogP) is 2.55. The van der Waals surface area contributed by atoms with Gasteiger partial charge in [-0.1, -0.05) is 31.2 Å². The van der Waals surface area contributed by atoms with Crippen molar-refractivity contribution < 1.29 is 14.3 Å². The number of nitrogens with one attached hydrogen (secondary N) is 1. The van der Waals surface area contributed by atoms with Crippen LogP contribution in [-0.2, 0) is 13.0 Å². The molecule has 1 aliphatic heterocycles. The summed E-state index contributed by atoms with van der Waals surface area (Å²) in [4.78, 5) is 25.4. The Hall–Kier alpha value is -3.35. The largest absolute Gasteiger partial charge is 0.486 e. The van der Waals surface area contributed by atoms with Crippen LogP contribution in [0, 0.1) is 0 Å². The Morgan fingerprint density at radius 3 is 2.66 bits per heavy atom. The Kier molecular flexibility index (Phi) is 5.46. The van der Waals surface area contributed by atoms with Crippen molar-refractivity contribution in [2.75, 3.05) is 19.8 Å². The van der Waals surface area contributed by atoms with E-state index in [1.165, 1.54) is 4.68 Å². The molecule has 4 rings (SSSR count). The monoisotopic (exact) mass is 393 g/mol. The summed E-state index contributed by atoms with van der Waals surface area (Å²) in [5.74, 6) is 1.20. The molecule has 1 aliphatic rings. The van der Waals surface area contributed by atoms with E-state index < -0.39 is 0 Å². The van der Waals surface area contributed by atoms with Crippen LogP contribution in [0.1, 0.15) is 29.4 Å². The highest BCUT2D eigenvalue weighted by Gasteiger charge is 2.16. The summed E-state index contributed by atoms with van der Waals surface area (Å²) < 4.78 is 12.5. The molecule has 3 aromatic rings. The third-order valence-electron chi connectivity index (χ3n) is 4.82. The number of fused-ring (bicyclic) bond motifs is 2. The maximum atomic E-state index is 12.8. The lowest BCUT2D eigenvalue weighted by molar-refractivity contribution is 0.0948. The number of benzene rings is 2. The second kappa shape index (κ2) is 8.34. The highest BCUT2D eigenvalue weighted by atomic mass is 16.6. The van der Waals surface area contributed by atoms with Crippen LogP contribution in [0.25, 0.3) is 10.8 Å². The molecule has 0 aliphatic carbocycles. The number of rotatable bonds is 6. The molecule has 0 unspecified atom stereocenters. The summed E-state index contributed by atoms with van der Waals surface area (Å²) in [5, 5.41) is 8.33. The molecule has 29 heavy (non-hydrogen) atoms. The first-order valence-corrected chi connectivity index (χ1v) is 9.84. The lowest BCUT2D eigenvalue weighted by Gasteiger charge is -2.18. The predicted molar refractivity (Wildman–Crippen MR) is 110 cm³/mol. The van der Waals surface area contributed by atoms with Crippen molar-refractivity contribution in [2.45, 2.75) is 26.3 Å². The van der Waals surface area contributed by atoms with Crippen LogP contribution in [0.5, 0.6) is 11.5 Å². The fourth-order valence-corrected chi connectivity index (χ4v) is 3.41. The molecule has 7 heteroatoms. The molecule has 2 heterocycles. The fourth-order valence-electron chi connectivity index (χ4n) is 3.41. The molecular formula is C22H23N3O4. The molecule has 1 N–H and O–H groups in total. The highest BCUT2D eigenvalue weighted by molar-refractivity contribution is 6.04. The van der Waals surface area contributed by atoms with E-state index in [9.17, 15) is 9.59 Å². The van der Waals surface area contributed by atoms with E-state index in [0.717, 1.165) is 23.5 Å². The normalized spacial score (nSPS) is 12.7. The van der Waals surface area contributed by atoms with Crippen LogP contribution in [0.15, 0.2) is 47.3 Å². The van der Waals surface area contributed by atoms with E-state index >= 15 is 0 Å². The standard InChI is InChI=1S/C22H23N3O4/c1-2-11-25-22(27)17-6-4-3-5-16(17)20(24-25)21(26)23-10-9-15-7-8-18-19(14-15)29-13-12-28-18/h3-8,14H,2,9-13H2,1H3,(H,23,26). The fraction of sp³-hybridized carbons (Fsp3) is 0.318. The number of carbonyl (C=O) groups excluding carboxylic acids is 1. The SMILES string of the molecule is CCCn1nc(C(=O)NCCc2ccc3c(c2)OCCO3)c2ccccc2c1=O. The number of hydrogen-bond donors (Lipinski definition) is 1. The Morgan fingerprint density at radius 1 is 1.10 bits per heavy atom. The second-order valence-corrected chi connectivity index (χ2v) is 6.91. The molecule has 7 nitrogen and oxygen atoms in total. The topological polar surface area (TPSA) is 82.5 Å². The number of nitrogens with zero attached hydrogens (tertiary/aromatic N) is 2. The maximum absolute atomic E-state index is 12.8. The molecule has 0 fully saturated rings. The van der Waals surface area contributed by atoms with Gasteiger partial charge in [0.05, 0.1) is 5.39 Å². The summed E-state index contributed by atoms with van der Waals surface area (Å²) in [6.07, 6.45) is 1.41. The average Bonchev–Trinajstić information content (AvgIpc) is 2.75. The molecule has 0 spiro atoms. The Labute approximate surface area is 168 Å². The number of carbonyl (C=O) groups is 1. The van der Waals surface area contributed by atoms with Gasteiger partial charge in [0.15, 0.2) is 17.2 Å². The summed E-state index contributed by atoms with van der Waals surface area (Å²) in [5.41, 5.74) is 1.15. The van der Waals surface area contributed by atoms with E-state index in [4.69, 9.17) is 9.47 Å². The van der Waals surface area contributed by atoms with Gasteiger partial charge in [-0.2, -0.15) is 5.10 Å². The lowest BCUT2D eigenvalue weighted by atomic mass is 10.1. The van der Waals surface area contributed by atoms with Crippen molar-refractivity contribution in [3.63, 3.8) is 0 Å². The zero-order valence-electron chi connectivity index (χ0n) is 16.3. The van der Waals surface area contributed by atoms with E-state index in [1.807, 2.05) is 25.1 Å². The van der Waals surface area contributed by atoms with E-state index in [-0.39, 0.29) is 17.2 Å². The van der Waals surface area contributed by atoms with Gasteiger partial charge in [0.1, 0.15) is 13.2 Å². The van der Waals surface area contributed by atoms with Gasteiger partial charge in [0.2, 0.25) is 0 Å². The quantitative estimate of drug-likeness (QED) is 0.696. The van der Waals surface area contributed by atoms with Gasteiger partial charge in [-0.3, -0.25) is 9.59 Å². The van der Waals surface area contributed by atoms with Crippen LogP contribution in [0.2, 0.25) is 0 Å². The summed E-state index contributed by atoms with van der Waals surface area (Å²) in [6.45, 7) is 3.99. The van der Waals surface area contributed by atoms with E-state index in [2.05, 4.69) is 10.4 Å². The second-order valence-electron chi connectivity index (χ2n) is 6.91. The lowest BCUT2D eigenvalue weighted by Crippen LogP contribution is -2.31. The number of amides is 1. The van der Waals surface area contributed by atoms with Crippen LogP contribution in [-0.4, -0.2) is 35.4 Å². The number of aromatic nitrogens is 2. The average molecular weight is 393 g/mol. The van der Waals surface area contributed by atoms with Crippen LogP contribution in [0.4, 0.5) is 0 Å².